The molecule has 4 nitrogen and oxygen atoms in total. The van der Waals surface area contributed by atoms with Gasteiger partial charge in [0.1, 0.15) is 5.82 Å². The quantitative estimate of drug-likeness (QED) is 0.755. The summed E-state index contributed by atoms with van der Waals surface area (Å²) in [6.07, 6.45) is 2.10. The van der Waals surface area contributed by atoms with Crippen LogP contribution in [0.1, 0.15) is 29.7 Å². The van der Waals surface area contributed by atoms with Gasteiger partial charge in [0.25, 0.3) is 0 Å². The summed E-state index contributed by atoms with van der Waals surface area (Å²) in [5.41, 5.74) is 4.40. The molecule has 140 valence electrons. The van der Waals surface area contributed by atoms with E-state index < -0.39 is 0 Å². The van der Waals surface area contributed by atoms with Crippen molar-refractivity contribution in [3.8, 4) is 0 Å². The molecule has 0 saturated carbocycles. The van der Waals surface area contributed by atoms with Gasteiger partial charge in [-0.2, -0.15) is 0 Å². The first-order valence-electron chi connectivity index (χ1n) is 9.56. The molecule has 0 unspecified atom stereocenters. The third-order valence-corrected chi connectivity index (χ3v) is 5.32. The third-order valence-electron chi connectivity index (χ3n) is 5.32. The summed E-state index contributed by atoms with van der Waals surface area (Å²) in [4.78, 5) is 11.8. The third kappa shape index (κ3) is 4.08. The predicted octanol–water partition coefficient (Wildman–Crippen LogP) is 4.14. The fraction of sp³-hybridized carbons (Fsp3) is 0.364. The largest absolute Gasteiger partial charge is 0.341 e. The number of benzene rings is 2. The van der Waals surface area contributed by atoms with Crippen LogP contribution >= 0.6 is 0 Å². The molecular formula is C22H25FN4. The van der Waals surface area contributed by atoms with Crippen LogP contribution in [-0.2, 0) is 6.54 Å². The summed E-state index contributed by atoms with van der Waals surface area (Å²) in [6, 6.07) is 13.5. The van der Waals surface area contributed by atoms with Crippen LogP contribution in [0.3, 0.4) is 0 Å². The molecule has 0 atom stereocenters. The molecule has 0 radical (unpaired) electrons. The number of hydrogen-bond acceptors (Lipinski definition) is 4. The van der Waals surface area contributed by atoms with Gasteiger partial charge in [0, 0.05) is 31.1 Å². The maximum Gasteiger partial charge on any atom is 0.226 e. The molecule has 5 heteroatoms. The van der Waals surface area contributed by atoms with Crippen LogP contribution in [0.15, 0.2) is 42.5 Å². The van der Waals surface area contributed by atoms with Crippen LogP contribution in [0.25, 0.3) is 10.9 Å². The number of piperidine rings is 1. The number of aryl methyl sites for hydroxylation is 2. The van der Waals surface area contributed by atoms with Crippen LogP contribution in [0.4, 0.5) is 10.3 Å². The van der Waals surface area contributed by atoms with Crippen LogP contribution in [0.2, 0.25) is 0 Å². The zero-order chi connectivity index (χ0) is 18.8. The maximum atomic E-state index is 13.0. The van der Waals surface area contributed by atoms with Gasteiger partial charge >= 0.3 is 0 Å². The van der Waals surface area contributed by atoms with E-state index in [0.29, 0.717) is 6.04 Å². The molecule has 4 rings (SSSR count). The van der Waals surface area contributed by atoms with Crippen molar-refractivity contribution in [3.05, 3.63) is 65.1 Å². The second kappa shape index (κ2) is 7.61. The summed E-state index contributed by atoms with van der Waals surface area (Å²) in [6.45, 7) is 6.81. The van der Waals surface area contributed by atoms with Gasteiger partial charge in [0.2, 0.25) is 5.95 Å². The SMILES string of the molecule is Cc1ccc2nc(N3CCC(NCc4ccc(F)cc4)CC3)nc(C)c2c1. The van der Waals surface area contributed by atoms with Gasteiger partial charge in [-0.05, 0) is 56.5 Å². The Morgan fingerprint density at radius 1 is 1.04 bits per heavy atom. The van der Waals surface area contributed by atoms with E-state index in [-0.39, 0.29) is 5.82 Å². The van der Waals surface area contributed by atoms with Gasteiger partial charge < -0.3 is 10.2 Å². The van der Waals surface area contributed by atoms with E-state index in [2.05, 4.69) is 42.3 Å². The van der Waals surface area contributed by atoms with Gasteiger partial charge in [0.05, 0.1) is 11.2 Å². The van der Waals surface area contributed by atoms with Crippen molar-refractivity contribution in [1.82, 2.24) is 15.3 Å². The number of anilines is 1. The minimum absolute atomic E-state index is 0.187. The minimum Gasteiger partial charge on any atom is -0.341 e. The lowest BCUT2D eigenvalue weighted by Crippen LogP contribution is -2.43. The topological polar surface area (TPSA) is 41.1 Å². The lowest BCUT2D eigenvalue weighted by atomic mass is 10.0. The van der Waals surface area contributed by atoms with Gasteiger partial charge in [-0.3, -0.25) is 0 Å². The van der Waals surface area contributed by atoms with Gasteiger partial charge in [0.15, 0.2) is 0 Å². The van der Waals surface area contributed by atoms with E-state index in [9.17, 15) is 4.39 Å². The molecule has 1 fully saturated rings. The van der Waals surface area contributed by atoms with Crippen molar-refractivity contribution in [2.45, 2.75) is 39.3 Å². The molecule has 27 heavy (non-hydrogen) atoms. The fourth-order valence-corrected chi connectivity index (χ4v) is 3.67. The van der Waals surface area contributed by atoms with Crippen LogP contribution in [0, 0.1) is 19.7 Å². The normalized spacial score (nSPS) is 15.4. The summed E-state index contributed by atoms with van der Waals surface area (Å²) < 4.78 is 13.0. The van der Waals surface area contributed by atoms with Crippen molar-refractivity contribution in [2.24, 2.45) is 0 Å². The Morgan fingerprint density at radius 3 is 2.52 bits per heavy atom. The predicted molar refractivity (Wildman–Crippen MR) is 107 cm³/mol. The number of nitrogens with zero attached hydrogens (tertiary/aromatic N) is 3. The summed E-state index contributed by atoms with van der Waals surface area (Å²) in [5.74, 6) is 0.647. The highest BCUT2D eigenvalue weighted by atomic mass is 19.1. The maximum absolute atomic E-state index is 13.0. The Kier molecular flexibility index (Phi) is 5.03. The lowest BCUT2D eigenvalue weighted by molar-refractivity contribution is 0.411. The first-order valence-corrected chi connectivity index (χ1v) is 9.56. The number of hydrogen-bond donors (Lipinski definition) is 1. The Labute approximate surface area is 159 Å². The Morgan fingerprint density at radius 2 is 1.78 bits per heavy atom. The first kappa shape index (κ1) is 17.9. The smallest absolute Gasteiger partial charge is 0.226 e. The van der Waals surface area contributed by atoms with E-state index in [0.717, 1.165) is 60.6 Å². The number of aromatic nitrogens is 2. The molecule has 0 amide bonds. The monoisotopic (exact) mass is 364 g/mol. The number of nitrogens with one attached hydrogen (secondary N) is 1. The highest BCUT2D eigenvalue weighted by Crippen LogP contribution is 2.23. The Hall–Kier alpha value is -2.53. The Bertz CT molecular complexity index is 931. The number of fused-ring (bicyclic) bond motifs is 1. The van der Waals surface area contributed by atoms with Crippen molar-refractivity contribution in [2.75, 3.05) is 18.0 Å². The molecule has 1 aliphatic heterocycles. The molecule has 2 aromatic carbocycles. The average molecular weight is 364 g/mol. The van der Waals surface area contributed by atoms with Gasteiger partial charge in [-0.25, -0.2) is 14.4 Å². The van der Waals surface area contributed by atoms with Crippen molar-refractivity contribution in [1.29, 1.82) is 0 Å². The van der Waals surface area contributed by atoms with E-state index >= 15 is 0 Å². The molecule has 0 bridgehead atoms. The number of rotatable bonds is 4. The molecule has 0 spiro atoms. The average Bonchev–Trinajstić information content (AvgIpc) is 2.68. The van der Waals surface area contributed by atoms with E-state index in [1.165, 1.54) is 17.7 Å². The summed E-state index contributed by atoms with van der Waals surface area (Å²) in [7, 11) is 0. The summed E-state index contributed by atoms with van der Waals surface area (Å²) in [5, 5.41) is 4.72. The van der Waals surface area contributed by atoms with Crippen LogP contribution in [0.5, 0.6) is 0 Å². The Balaban J connectivity index is 1.38. The molecule has 1 aromatic heterocycles. The van der Waals surface area contributed by atoms with Gasteiger partial charge in [-0.1, -0.05) is 23.8 Å². The first-order chi connectivity index (χ1) is 13.1. The molecule has 2 heterocycles. The number of halogens is 1. The molecule has 1 N–H and O–H groups in total. The molecule has 0 aliphatic carbocycles. The molecule has 1 aliphatic rings. The second-order valence-electron chi connectivity index (χ2n) is 7.40. The second-order valence-corrected chi connectivity index (χ2v) is 7.40. The zero-order valence-electron chi connectivity index (χ0n) is 15.9. The zero-order valence-corrected chi connectivity index (χ0v) is 15.9. The molecule has 3 aromatic rings. The fourth-order valence-electron chi connectivity index (χ4n) is 3.67. The highest BCUT2D eigenvalue weighted by Gasteiger charge is 2.21. The summed E-state index contributed by atoms with van der Waals surface area (Å²) >= 11 is 0. The van der Waals surface area contributed by atoms with Crippen molar-refractivity contribution >= 4 is 16.9 Å². The van der Waals surface area contributed by atoms with Gasteiger partial charge in [-0.15, -0.1) is 0 Å². The van der Waals surface area contributed by atoms with E-state index in [4.69, 9.17) is 9.97 Å². The minimum atomic E-state index is -0.187. The van der Waals surface area contributed by atoms with Crippen LogP contribution in [-0.4, -0.2) is 29.1 Å². The standard InChI is InChI=1S/C22H25FN4/c1-15-3-8-21-20(13-15)16(2)25-22(26-21)27-11-9-19(10-12-27)24-14-17-4-6-18(23)7-5-17/h3-8,13,19,24H,9-12,14H2,1-2H3. The van der Waals surface area contributed by atoms with Crippen molar-refractivity contribution in [3.63, 3.8) is 0 Å². The highest BCUT2D eigenvalue weighted by molar-refractivity contribution is 5.82. The lowest BCUT2D eigenvalue weighted by Gasteiger charge is -2.32. The molecule has 1 saturated heterocycles. The van der Waals surface area contributed by atoms with E-state index in [1.807, 2.05) is 12.1 Å². The molecular weight excluding hydrogens is 339 g/mol. The van der Waals surface area contributed by atoms with Crippen molar-refractivity contribution < 1.29 is 4.39 Å². The van der Waals surface area contributed by atoms with E-state index in [1.54, 1.807) is 0 Å². The van der Waals surface area contributed by atoms with Crippen LogP contribution < -0.4 is 10.2 Å².